The van der Waals surface area contributed by atoms with Gasteiger partial charge in [0, 0.05) is 218 Å². The van der Waals surface area contributed by atoms with Gasteiger partial charge in [0.15, 0.2) is 28.8 Å². The van der Waals surface area contributed by atoms with E-state index < -0.39 is 6.10 Å². The van der Waals surface area contributed by atoms with Gasteiger partial charge < -0.3 is 108 Å². The van der Waals surface area contributed by atoms with Crippen LogP contribution >= 0.6 is 0 Å². The fraction of sp³-hybridized carbons (Fsp3) is 0.451. The van der Waals surface area contributed by atoms with Crippen LogP contribution < -0.4 is 93.4 Å². The third-order valence-electron chi connectivity index (χ3n) is 30.5. The number of aromatic nitrogens is 16. The molecule has 13 heterocycles. The van der Waals surface area contributed by atoms with Gasteiger partial charge in [-0.3, -0.25) is 0 Å². The van der Waals surface area contributed by atoms with Gasteiger partial charge in [-0.15, -0.1) is 0 Å². The molecule has 0 radical (unpaired) electrons. The van der Waals surface area contributed by atoms with Crippen molar-refractivity contribution < 1.29 is 51.5 Å². The maximum absolute atomic E-state index is 14.6. The predicted octanol–water partition coefficient (Wildman–Crippen LogP) is 12.6. The van der Waals surface area contributed by atoms with E-state index in [0.717, 1.165) is 239 Å². The molecule has 11 atom stereocenters. The number of nitrogens with one attached hydrogen (secondary N) is 6. The lowest BCUT2D eigenvalue weighted by Crippen LogP contribution is -2.46. The Morgan fingerprint density at radius 3 is 1.18 bits per heavy atom. The van der Waals surface area contributed by atoms with E-state index in [0.29, 0.717) is 116 Å². The fourth-order valence-electron chi connectivity index (χ4n) is 22.4. The molecular formula is C102H116F4N30O7. The summed E-state index contributed by atoms with van der Waals surface area (Å²) in [7, 11) is 7.18. The van der Waals surface area contributed by atoms with Gasteiger partial charge in [0.1, 0.15) is 58.5 Å². The maximum atomic E-state index is 14.6. The first-order valence-corrected chi connectivity index (χ1v) is 49.3. The van der Waals surface area contributed by atoms with Crippen LogP contribution in [-0.2, 0) is 30.4 Å². The molecule has 2 bridgehead atoms. The summed E-state index contributed by atoms with van der Waals surface area (Å²) in [5, 5.41) is 37.6. The van der Waals surface area contributed by atoms with Crippen LogP contribution in [0.4, 0.5) is 75.5 Å². The molecule has 8 aromatic heterocycles. The number of aliphatic hydroxyl groups excluding tert-OH is 2. The summed E-state index contributed by atoms with van der Waals surface area (Å²) in [5.41, 5.74) is 42.9. The summed E-state index contributed by atoms with van der Waals surface area (Å²) in [4.78, 5) is 81.6. The molecule has 744 valence electrons. The molecule has 0 amide bonds. The first kappa shape index (κ1) is 94.1. The number of halogens is 4. The van der Waals surface area contributed by atoms with Crippen molar-refractivity contribution in [2.45, 2.75) is 160 Å². The Balaban J connectivity index is 0.000000109. The fourth-order valence-corrected chi connectivity index (χ4v) is 22.4. The molecule has 16 N–H and O–H groups in total. The highest BCUT2D eigenvalue weighted by molar-refractivity contribution is 5.92. The minimum atomic E-state index is -0.769. The molecular weight excluding hydrogens is 1830 g/mol. The van der Waals surface area contributed by atoms with Crippen LogP contribution in [0.1, 0.15) is 154 Å². The number of benzene rings is 4. The monoisotopic (exact) mass is 1950 g/mol. The van der Waals surface area contributed by atoms with Crippen molar-refractivity contribution in [2.24, 2.45) is 57.4 Å². The number of rotatable bonds is 25. The smallest absolute Gasteiger partial charge is 0.324 e. The minimum absolute atomic E-state index is 0.0748. The zero-order chi connectivity index (χ0) is 98.7. The third kappa shape index (κ3) is 18.4. The number of nitrogens with two attached hydrogens (primary N) is 4. The number of ether oxygens (including phenoxy) is 5. The summed E-state index contributed by atoms with van der Waals surface area (Å²) in [6, 6.07) is 14.1. The Morgan fingerprint density at radius 1 is 0.448 bits per heavy atom. The molecule has 7 unspecified atom stereocenters. The van der Waals surface area contributed by atoms with Crippen molar-refractivity contribution in [2.75, 3.05) is 152 Å². The zero-order valence-electron chi connectivity index (χ0n) is 80.8. The second-order valence-electron chi connectivity index (χ2n) is 40.3. The Morgan fingerprint density at radius 2 is 0.839 bits per heavy atom. The average Bonchev–Trinajstić information content (AvgIpc) is 1.56. The van der Waals surface area contributed by atoms with Gasteiger partial charge in [-0.05, 0) is 181 Å². The van der Waals surface area contributed by atoms with Crippen molar-refractivity contribution in [3.05, 3.63) is 178 Å². The highest BCUT2D eigenvalue weighted by Crippen LogP contribution is 2.59. The lowest BCUT2D eigenvalue weighted by Gasteiger charge is -2.36. The van der Waals surface area contributed by atoms with Crippen molar-refractivity contribution in [1.82, 2.24) is 79.7 Å². The Labute approximate surface area is 823 Å². The summed E-state index contributed by atoms with van der Waals surface area (Å²) in [5.74, 6) is 7.32. The van der Waals surface area contributed by atoms with E-state index in [-0.39, 0.29) is 107 Å². The Bertz CT molecular complexity index is 6850. The van der Waals surface area contributed by atoms with E-state index in [1.54, 1.807) is 96.6 Å². The number of hydrogen-bond acceptors (Lipinski definition) is 37. The van der Waals surface area contributed by atoms with Gasteiger partial charge in [-0.1, -0.05) is 20.8 Å². The second-order valence-corrected chi connectivity index (χ2v) is 40.3. The number of nitrogens with zero attached hydrogens (tertiary/aromatic N) is 20. The number of hydrogen-bond donors (Lipinski definition) is 12. The van der Waals surface area contributed by atoms with Gasteiger partial charge in [0.05, 0.1) is 78.5 Å². The number of fused-ring (bicyclic) bond motifs is 15. The van der Waals surface area contributed by atoms with E-state index >= 15 is 0 Å². The summed E-state index contributed by atoms with van der Waals surface area (Å²) < 4.78 is 87.8. The number of piperidine rings is 1. The molecule has 4 aromatic carbocycles. The van der Waals surface area contributed by atoms with E-state index in [2.05, 4.69) is 91.4 Å². The molecule has 5 aliphatic heterocycles. The van der Waals surface area contributed by atoms with Gasteiger partial charge in [-0.25, -0.2) is 57.4 Å². The van der Waals surface area contributed by atoms with Crippen LogP contribution in [0.15, 0.2) is 98.1 Å². The molecule has 37 nitrogen and oxygen atoms in total. The van der Waals surface area contributed by atoms with Gasteiger partial charge in [0.2, 0.25) is 11.9 Å². The highest BCUT2D eigenvalue weighted by atomic mass is 19.1. The molecule has 9 fully saturated rings. The van der Waals surface area contributed by atoms with Crippen molar-refractivity contribution in [3.63, 3.8) is 0 Å². The van der Waals surface area contributed by atoms with Gasteiger partial charge in [0.25, 0.3) is 0 Å². The van der Waals surface area contributed by atoms with Crippen LogP contribution in [0.3, 0.4) is 0 Å². The summed E-state index contributed by atoms with van der Waals surface area (Å²) >= 11 is 0. The highest BCUT2D eigenvalue weighted by Gasteiger charge is 2.57. The van der Waals surface area contributed by atoms with Crippen molar-refractivity contribution in [3.8, 4) is 91.5 Å². The largest absolute Gasteiger partial charge is 0.421 e. The summed E-state index contributed by atoms with van der Waals surface area (Å²) in [6.45, 7) is 15.3. The van der Waals surface area contributed by atoms with Crippen molar-refractivity contribution >= 4 is 57.9 Å². The molecule has 13 aliphatic rings. The minimum Gasteiger partial charge on any atom is -0.421 e. The van der Waals surface area contributed by atoms with Crippen LogP contribution in [0, 0.1) is 57.8 Å². The predicted molar refractivity (Wildman–Crippen MR) is 532 cm³/mol. The Kier molecular flexibility index (Phi) is 25.1. The van der Waals surface area contributed by atoms with Crippen molar-refractivity contribution in [1.29, 1.82) is 0 Å². The van der Waals surface area contributed by atoms with Gasteiger partial charge in [-0.2, -0.15) is 39.9 Å². The average molecular weight is 1950 g/mol. The number of aliphatic hydroxyl groups is 2. The van der Waals surface area contributed by atoms with Crippen LogP contribution in [-0.4, -0.2) is 227 Å². The van der Waals surface area contributed by atoms with E-state index in [1.165, 1.54) is 36.7 Å². The molecule has 143 heavy (non-hydrogen) atoms. The van der Waals surface area contributed by atoms with Crippen LogP contribution in [0.2, 0.25) is 0 Å². The molecule has 12 aromatic rings. The first-order valence-electron chi connectivity index (χ1n) is 49.3. The molecule has 8 aliphatic carbocycles. The zero-order valence-corrected chi connectivity index (χ0v) is 80.8. The number of anilines is 10. The Hall–Kier alpha value is -13.8. The molecule has 25 rings (SSSR count). The van der Waals surface area contributed by atoms with E-state index in [9.17, 15) is 27.8 Å². The molecule has 5 saturated heterocycles. The third-order valence-corrected chi connectivity index (χ3v) is 30.5. The molecule has 4 saturated carbocycles. The standard InChI is InChI=1S/C27H31FN8O2.C26H31FN8O2.C25H28FN7O.C24H26FN7O2/c1-30-20-8-15(28)7-19-18(20)9-21-23(19)24(36-13-22(29)27(14-36)4-5-27)35-26(34-21)38-17-11-32-25(33-12-17)31-10-16-3-2-6-37-16;1-14(12-36)8-30-24-31-9-16(10-32-24)37-25-33-20-7-17-18(5-15(27)6-19(17)29-2)22(20)23(34-25)35-11-21(28)26(13-35)3-4-26;1-12(2)23-29-8-15(9-30-23)34-25-31-21-7-16-17(5-14(26)6-20(16)28-3)22(21)24(32-25)33-10-13-4-19(27)18(13)11-33;1-11(33)22-28-8-15(9-29-22)34-24-30-20-7-16-17(4-13(25)5-19(16)27-2)21(20)23(31-24)32-10-12-3-14(32)6-18(12)26/h7-8,11-12,16,22,30H,2-6,9-10,13-14,29H2,1H3,(H,31,32,33);5-6,9-10,14,21,29,36H,3-4,7-8,11-13,28H2,1-2H3,(H,30,31,32);5-6,8-9,12-13,18-19,28H,4,7,10-11,27H2,1-3H3;4-5,8-9,11-12,14,18,27,33H,3,6-7,10,26H2,1-2H3/t16?,22-;14?,21-;13?,18?,19-;11?,12?,14?,18-/m0010/s1. The summed E-state index contributed by atoms with van der Waals surface area (Å²) in [6.07, 6.45) is 23.9. The van der Waals surface area contributed by atoms with Gasteiger partial charge >= 0.3 is 24.0 Å². The second kappa shape index (κ2) is 38.1. The lowest BCUT2D eigenvalue weighted by molar-refractivity contribution is 0.120. The van der Waals surface area contributed by atoms with E-state index in [1.807, 2.05) is 20.8 Å². The quantitative estimate of drug-likeness (QED) is 0.0236. The van der Waals surface area contributed by atoms with Crippen LogP contribution in [0.25, 0.3) is 44.5 Å². The normalized spacial score (nSPS) is 21.8. The SMILES string of the molecule is CNc1cc(F)cc2c1Cc1nc(Oc3cnc(C(C)C)nc3)nc(N3CC4C[C@@H](N)C4C3)c1-2.CNc1cc(F)cc2c1Cc1nc(Oc3cnc(C(C)O)nc3)nc(N3CC4CC3C[C@@H]4N)c1-2.CNc1cc(F)cc2c1Cc1nc(Oc3cnc(NCC(C)CO)nc3)nc(N3C[C@H](N)C4(CC4)C3)c1-2.CNc1cc(F)cc2c1Cc1nc(Oc3cnc(NCC4CCCO4)nc3)nc(N3C[C@H](N)C4(CC4)C3)c1-2. The van der Waals surface area contributed by atoms with Crippen LogP contribution in [0.5, 0.6) is 47.0 Å². The molecule has 2 spiro atoms. The maximum Gasteiger partial charge on any atom is 0.324 e. The lowest BCUT2D eigenvalue weighted by atomic mass is 9.72. The topological polar surface area (TPSA) is 482 Å². The first-order chi connectivity index (χ1) is 69.2. The molecule has 41 heteroatoms. The van der Waals surface area contributed by atoms with E-state index in [4.69, 9.17) is 86.5 Å².